The van der Waals surface area contributed by atoms with Crippen molar-refractivity contribution >= 4 is 11.5 Å². The molecule has 5 heteroatoms. The summed E-state index contributed by atoms with van der Waals surface area (Å²) in [7, 11) is 0. The Balaban J connectivity index is 3.38. The molecule has 0 spiro atoms. The van der Waals surface area contributed by atoms with Gasteiger partial charge in [-0.05, 0) is 26.3 Å². The van der Waals surface area contributed by atoms with Gasteiger partial charge in [0, 0.05) is 11.3 Å². The highest BCUT2D eigenvalue weighted by Gasteiger charge is 2.13. The number of carboxylic acids is 1. The van der Waals surface area contributed by atoms with E-state index in [-0.39, 0.29) is 11.1 Å². The van der Waals surface area contributed by atoms with E-state index in [9.17, 15) is 9.59 Å². The number of aromatic nitrogens is 2. The fourth-order valence-electron chi connectivity index (χ4n) is 1.25. The van der Waals surface area contributed by atoms with Crippen LogP contribution in [-0.4, -0.2) is 21.3 Å². The molecule has 0 atom stereocenters. The number of aryl methyl sites for hydroxylation is 1. The van der Waals surface area contributed by atoms with Crippen LogP contribution in [-0.2, 0) is 4.79 Å². The smallest absolute Gasteiger partial charge is 0.331 e. The van der Waals surface area contributed by atoms with E-state index in [1.165, 1.54) is 6.92 Å². The third kappa shape index (κ3) is 1.61. The van der Waals surface area contributed by atoms with Crippen molar-refractivity contribution in [3.63, 3.8) is 0 Å². The standard InChI is InChI=1S/C9H12N2O3/c1-4(5(2)9(13)14)7-6(3)10-11-8(7)12/h1-3H3,(H,13,14)(H2,10,11,12)/b5-4+. The summed E-state index contributed by atoms with van der Waals surface area (Å²) >= 11 is 0. The number of allylic oxidation sites excluding steroid dienone is 1. The monoisotopic (exact) mass is 196 g/mol. The van der Waals surface area contributed by atoms with Gasteiger partial charge in [-0.2, -0.15) is 0 Å². The topological polar surface area (TPSA) is 85.9 Å². The first kappa shape index (κ1) is 10.3. The van der Waals surface area contributed by atoms with Crippen LogP contribution in [0.15, 0.2) is 10.4 Å². The lowest BCUT2D eigenvalue weighted by atomic mass is 10.0. The van der Waals surface area contributed by atoms with Crippen molar-refractivity contribution in [2.45, 2.75) is 20.8 Å². The van der Waals surface area contributed by atoms with Crippen molar-refractivity contribution in [1.82, 2.24) is 10.2 Å². The zero-order valence-corrected chi connectivity index (χ0v) is 8.26. The van der Waals surface area contributed by atoms with Gasteiger partial charge in [-0.3, -0.25) is 9.89 Å². The normalized spacial score (nSPS) is 12.5. The predicted molar refractivity (Wildman–Crippen MR) is 52.1 cm³/mol. The van der Waals surface area contributed by atoms with Gasteiger partial charge in [-0.15, -0.1) is 0 Å². The molecule has 3 N–H and O–H groups in total. The second-order valence-electron chi connectivity index (χ2n) is 3.13. The molecule has 14 heavy (non-hydrogen) atoms. The molecule has 1 aromatic rings. The summed E-state index contributed by atoms with van der Waals surface area (Å²) in [5, 5.41) is 13.8. The summed E-state index contributed by atoms with van der Waals surface area (Å²) in [4.78, 5) is 22.0. The maximum absolute atomic E-state index is 11.3. The van der Waals surface area contributed by atoms with Gasteiger partial charge in [0.1, 0.15) is 0 Å². The maximum atomic E-state index is 11.3. The zero-order chi connectivity index (χ0) is 10.9. The Labute approximate surface area is 80.4 Å². The number of hydrogen-bond donors (Lipinski definition) is 3. The molecule has 0 radical (unpaired) electrons. The molecule has 0 saturated carbocycles. The van der Waals surface area contributed by atoms with Crippen LogP contribution in [0.1, 0.15) is 25.1 Å². The molecule has 0 aliphatic rings. The van der Waals surface area contributed by atoms with Crippen LogP contribution in [0, 0.1) is 6.92 Å². The summed E-state index contributed by atoms with van der Waals surface area (Å²) in [6.45, 7) is 4.81. The SMILES string of the molecule is C/C(C(=O)O)=C(/C)c1c(C)[nH][nH]c1=O. The van der Waals surface area contributed by atoms with E-state index in [0.717, 1.165) is 0 Å². The van der Waals surface area contributed by atoms with Crippen LogP contribution in [0.5, 0.6) is 0 Å². The lowest BCUT2D eigenvalue weighted by Gasteiger charge is -2.01. The average Bonchev–Trinajstić information content (AvgIpc) is 2.44. The van der Waals surface area contributed by atoms with E-state index in [0.29, 0.717) is 16.8 Å². The van der Waals surface area contributed by atoms with Gasteiger partial charge in [-0.25, -0.2) is 4.79 Å². The number of hydrogen-bond acceptors (Lipinski definition) is 2. The zero-order valence-electron chi connectivity index (χ0n) is 8.26. The van der Waals surface area contributed by atoms with Gasteiger partial charge in [-0.1, -0.05) is 0 Å². The molecule has 0 saturated heterocycles. The van der Waals surface area contributed by atoms with Crippen molar-refractivity contribution in [3.8, 4) is 0 Å². The van der Waals surface area contributed by atoms with E-state index < -0.39 is 5.97 Å². The molecule has 1 heterocycles. The highest BCUT2D eigenvalue weighted by molar-refractivity contribution is 5.95. The maximum Gasteiger partial charge on any atom is 0.331 e. The Morgan fingerprint density at radius 1 is 1.29 bits per heavy atom. The van der Waals surface area contributed by atoms with Gasteiger partial charge in [0.2, 0.25) is 0 Å². The highest BCUT2D eigenvalue weighted by atomic mass is 16.4. The number of rotatable bonds is 2. The molecular formula is C9H12N2O3. The van der Waals surface area contributed by atoms with Crippen molar-refractivity contribution in [3.05, 3.63) is 27.2 Å². The largest absolute Gasteiger partial charge is 0.478 e. The van der Waals surface area contributed by atoms with Crippen molar-refractivity contribution in [2.24, 2.45) is 0 Å². The first-order valence-corrected chi connectivity index (χ1v) is 4.13. The summed E-state index contributed by atoms with van der Waals surface area (Å²) < 4.78 is 0. The molecule has 0 aliphatic carbocycles. The van der Waals surface area contributed by atoms with Crippen molar-refractivity contribution in [1.29, 1.82) is 0 Å². The van der Waals surface area contributed by atoms with Gasteiger partial charge >= 0.3 is 5.97 Å². The van der Waals surface area contributed by atoms with E-state index in [2.05, 4.69) is 10.2 Å². The number of carbonyl (C=O) groups is 1. The summed E-state index contributed by atoms with van der Waals surface area (Å²) in [5.41, 5.74) is 1.43. The first-order valence-electron chi connectivity index (χ1n) is 4.13. The fourth-order valence-corrected chi connectivity index (χ4v) is 1.25. The van der Waals surface area contributed by atoms with Crippen LogP contribution in [0.2, 0.25) is 0 Å². The van der Waals surface area contributed by atoms with Gasteiger partial charge in [0.05, 0.1) is 5.56 Å². The van der Waals surface area contributed by atoms with E-state index >= 15 is 0 Å². The number of nitrogens with one attached hydrogen (secondary N) is 2. The molecule has 0 aliphatic heterocycles. The van der Waals surface area contributed by atoms with Crippen LogP contribution in [0.3, 0.4) is 0 Å². The Morgan fingerprint density at radius 3 is 2.21 bits per heavy atom. The lowest BCUT2D eigenvalue weighted by molar-refractivity contribution is -0.132. The molecule has 0 fully saturated rings. The quantitative estimate of drug-likeness (QED) is 0.614. The molecule has 0 aromatic carbocycles. The molecule has 1 aromatic heterocycles. The summed E-state index contributed by atoms with van der Waals surface area (Å²) in [5.74, 6) is -1.01. The third-order valence-corrected chi connectivity index (χ3v) is 2.22. The predicted octanol–water partition coefficient (Wildman–Crippen LogP) is 0.889. The first-order chi connectivity index (χ1) is 6.45. The Kier molecular flexibility index (Phi) is 2.60. The van der Waals surface area contributed by atoms with E-state index in [1.807, 2.05) is 0 Å². The summed E-state index contributed by atoms with van der Waals surface area (Å²) in [6.07, 6.45) is 0. The molecule has 1 rings (SSSR count). The number of carboxylic acid groups (broad SMARTS) is 1. The Hall–Kier alpha value is -1.78. The minimum atomic E-state index is -1.01. The minimum Gasteiger partial charge on any atom is -0.478 e. The molecule has 76 valence electrons. The van der Waals surface area contributed by atoms with Gasteiger partial charge < -0.3 is 10.2 Å². The van der Waals surface area contributed by atoms with Gasteiger partial charge in [0.15, 0.2) is 0 Å². The van der Waals surface area contributed by atoms with Crippen molar-refractivity contribution < 1.29 is 9.90 Å². The second kappa shape index (κ2) is 3.53. The third-order valence-electron chi connectivity index (χ3n) is 2.22. The highest BCUT2D eigenvalue weighted by Crippen LogP contribution is 2.16. The molecule has 5 nitrogen and oxygen atoms in total. The Morgan fingerprint density at radius 2 is 1.86 bits per heavy atom. The van der Waals surface area contributed by atoms with Crippen LogP contribution >= 0.6 is 0 Å². The average molecular weight is 196 g/mol. The number of H-pyrrole nitrogens is 2. The van der Waals surface area contributed by atoms with Crippen LogP contribution in [0.25, 0.3) is 5.57 Å². The number of aliphatic carboxylic acids is 1. The number of aromatic amines is 2. The molecule has 0 bridgehead atoms. The van der Waals surface area contributed by atoms with Crippen LogP contribution < -0.4 is 5.56 Å². The Bertz CT molecular complexity index is 451. The van der Waals surface area contributed by atoms with E-state index in [4.69, 9.17) is 5.11 Å². The summed E-state index contributed by atoms with van der Waals surface area (Å²) in [6, 6.07) is 0. The minimum absolute atomic E-state index is 0.179. The van der Waals surface area contributed by atoms with Crippen LogP contribution in [0.4, 0.5) is 0 Å². The lowest BCUT2D eigenvalue weighted by Crippen LogP contribution is -2.08. The molecule has 0 amide bonds. The fraction of sp³-hybridized carbons (Fsp3) is 0.333. The second-order valence-corrected chi connectivity index (χ2v) is 3.13. The molecular weight excluding hydrogens is 184 g/mol. The van der Waals surface area contributed by atoms with Gasteiger partial charge in [0.25, 0.3) is 5.56 Å². The van der Waals surface area contributed by atoms with Crippen molar-refractivity contribution in [2.75, 3.05) is 0 Å². The molecule has 0 unspecified atom stereocenters. The van der Waals surface area contributed by atoms with E-state index in [1.54, 1.807) is 13.8 Å².